The van der Waals surface area contributed by atoms with Gasteiger partial charge in [-0.2, -0.15) is 0 Å². The number of hydrogen-bond donors (Lipinski definition) is 4. The van der Waals surface area contributed by atoms with E-state index in [4.69, 9.17) is 33.2 Å². The molecule has 2 unspecified atom stereocenters. The van der Waals surface area contributed by atoms with Crippen molar-refractivity contribution in [3.63, 3.8) is 0 Å². The van der Waals surface area contributed by atoms with Gasteiger partial charge in [0.1, 0.15) is 37.6 Å². The Morgan fingerprint density at radius 3 is 1.94 bits per heavy atom. The molecule has 0 aliphatic carbocycles. The molecule has 15 heteroatoms. The van der Waals surface area contributed by atoms with E-state index in [1.165, 1.54) is 0 Å². The van der Waals surface area contributed by atoms with E-state index in [0.29, 0.717) is 19.3 Å². The zero-order valence-electron chi connectivity index (χ0n) is 30.6. The van der Waals surface area contributed by atoms with Gasteiger partial charge in [-0.3, -0.25) is 19.2 Å². The average Bonchev–Trinajstić information content (AvgIpc) is 3.33. The van der Waals surface area contributed by atoms with Crippen LogP contribution in [0.2, 0.25) is 0 Å². The smallest absolute Gasteiger partial charge is 0.309 e. The molecular weight excluding hydrogens is 660 g/mol. The van der Waals surface area contributed by atoms with Crippen molar-refractivity contribution in [1.82, 2.24) is 0 Å². The minimum atomic E-state index is -2.41. The van der Waals surface area contributed by atoms with Gasteiger partial charge in [-0.25, -0.2) is 0 Å². The highest BCUT2D eigenvalue weighted by Gasteiger charge is 2.61. The molecule has 2 aliphatic rings. The number of carbonyl (C=O) groups is 4. The Labute approximate surface area is 295 Å². The van der Waals surface area contributed by atoms with Crippen molar-refractivity contribution < 1.29 is 72.8 Å². The summed E-state index contributed by atoms with van der Waals surface area (Å²) in [5, 5.41) is 41.6. The molecule has 0 aromatic heterocycles. The monoisotopic (exact) mass is 720 g/mol. The summed E-state index contributed by atoms with van der Waals surface area (Å²) in [5.41, 5.74) is 0. The SMILES string of the molecule is CCCCCCCC(=O)O[C@@H]1[C@@H](OC(=O)C(C)CC)[C@@H](O[C@]2(CO)O[C@H](CO)[C@@H](O)[C@@H]2O)O[C@H](COC(=O)C(C)CC)[C@H]1OC(=O)CC(C)C. The number of hydrogen-bond acceptors (Lipinski definition) is 15. The molecular formula is C35H60O15. The maximum atomic E-state index is 13.4. The lowest BCUT2D eigenvalue weighted by Crippen LogP contribution is -2.65. The molecule has 2 heterocycles. The van der Waals surface area contributed by atoms with Crippen LogP contribution in [0.1, 0.15) is 106 Å². The van der Waals surface area contributed by atoms with Crippen molar-refractivity contribution in [3.05, 3.63) is 0 Å². The molecule has 290 valence electrons. The van der Waals surface area contributed by atoms with Gasteiger partial charge >= 0.3 is 23.9 Å². The normalized spacial score (nSPS) is 30.8. The first kappa shape index (κ1) is 43.8. The molecule has 0 bridgehead atoms. The summed E-state index contributed by atoms with van der Waals surface area (Å²) in [6, 6.07) is 0. The van der Waals surface area contributed by atoms with Gasteiger partial charge < -0.3 is 53.6 Å². The molecule has 2 saturated heterocycles. The first-order chi connectivity index (χ1) is 23.7. The van der Waals surface area contributed by atoms with E-state index in [-0.39, 0.29) is 18.8 Å². The van der Waals surface area contributed by atoms with Gasteiger partial charge in [0.15, 0.2) is 18.3 Å². The second-order valence-corrected chi connectivity index (χ2v) is 13.7. The highest BCUT2D eigenvalue weighted by Crippen LogP contribution is 2.38. The summed E-state index contributed by atoms with van der Waals surface area (Å²) in [4.78, 5) is 52.6. The zero-order valence-corrected chi connectivity index (χ0v) is 30.6. The van der Waals surface area contributed by atoms with Crippen molar-refractivity contribution in [2.45, 2.75) is 161 Å². The standard InChI is InChI=1S/C35H60O15/c1-8-11-12-13-14-15-25(38)46-29-28(47-26(39)16-20(4)5)24(18-44-32(42)21(6)9-2)45-34(30(29)48-33(43)22(7)10-3)50-35(19-37)31(41)27(40)23(17-36)49-35/h20-24,27-31,34,36-37,40-41H,8-19H2,1-7H3/t21?,22?,23-,24-,27-,28-,29+,30-,31+,34-,35+/m1/s1. The van der Waals surface area contributed by atoms with Crippen LogP contribution in [0, 0.1) is 17.8 Å². The minimum Gasteiger partial charge on any atom is -0.463 e. The van der Waals surface area contributed by atoms with Crippen LogP contribution in [0.4, 0.5) is 0 Å². The molecule has 0 amide bonds. The topological polar surface area (TPSA) is 214 Å². The first-order valence-corrected chi connectivity index (χ1v) is 18.0. The summed E-state index contributed by atoms with van der Waals surface area (Å²) >= 11 is 0. The van der Waals surface area contributed by atoms with Crippen LogP contribution in [0.25, 0.3) is 0 Å². The van der Waals surface area contributed by atoms with Gasteiger partial charge in [0.25, 0.3) is 0 Å². The zero-order chi connectivity index (χ0) is 37.6. The largest absolute Gasteiger partial charge is 0.463 e. The van der Waals surface area contributed by atoms with E-state index >= 15 is 0 Å². The molecule has 15 nitrogen and oxygen atoms in total. The van der Waals surface area contributed by atoms with Crippen LogP contribution in [0.15, 0.2) is 0 Å². The Morgan fingerprint density at radius 1 is 0.760 bits per heavy atom. The molecule has 50 heavy (non-hydrogen) atoms. The lowest BCUT2D eigenvalue weighted by Gasteiger charge is -2.46. The van der Waals surface area contributed by atoms with E-state index in [0.717, 1.165) is 25.7 Å². The fraction of sp³-hybridized carbons (Fsp3) is 0.886. The predicted octanol–water partition coefficient (Wildman–Crippen LogP) is 2.31. The fourth-order valence-electron chi connectivity index (χ4n) is 5.48. The number of rotatable bonds is 21. The third kappa shape index (κ3) is 12.1. The summed E-state index contributed by atoms with van der Waals surface area (Å²) in [6.45, 7) is 10.2. The van der Waals surface area contributed by atoms with Gasteiger partial charge in [0.05, 0.1) is 18.4 Å². The Hall–Kier alpha value is -2.40. The summed E-state index contributed by atoms with van der Waals surface area (Å²) < 4.78 is 41.0. The molecule has 4 N–H and O–H groups in total. The van der Waals surface area contributed by atoms with Gasteiger partial charge in [-0.15, -0.1) is 0 Å². The Bertz CT molecular complexity index is 1070. The van der Waals surface area contributed by atoms with E-state index in [1.807, 2.05) is 0 Å². The lowest BCUT2D eigenvalue weighted by molar-refractivity contribution is -0.384. The lowest BCUT2D eigenvalue weighted by atomic mass is 9.97. The number of esters is 4. The highest BCUT2D eigenvalue weighted by molar-refractivity contribution is 5.73. The number of aliphatic hydroxyl groups is 4. The van der Waals surface area contributed by atoms with Crippen molar-refractivity contribution in [3.8, 4) is 0 Å². The molecule has 2 rings (SSSR count). The third-order valence-corrected chi connectivity index (χ3v) is 9.08. The Kier molecular flexibility index (Phi) is 18.6. The molecule has 0 spiro atoms. The number of carbonyl (C=O) groups excluding carboxylic acids is 4. The molecule has 0 saturated carbocycles. The highest BCUT2D eigenvalue weighted by atomic mass is 16.8. The number of unbranched alkanes of at least 4 members (excludes halogenated alkanes) is 4. The number of aliphatic hydroxyl groups excluding tert-OH is 4. The second-order valence-electron chi connectivity index (χ2n) is 13.7. The predicted molar refractivity (Wildman–Crippen MR) is 176 cm³/mol. The van der Waals surface area contributed by atoms with E-state index in [9.17, 15) is 39.6 Å². The van der Waals surface area contributed by atoms with Crippen molar-refractivity contribution in [2.75, 3.05) is 19.8 Å². The van der Waals surface area contributed by atoms with Crippen LogP contribution in [0.5, 0.6) is 0 Å². The van der Waals surface area contributed by atoms with Crippen LogP contribution in [-0.4, -0.2) is 119 Å². The van der Waals surface area contributed by atoms with Crippen molar-refractivity contribution in [2.24, 2.45) is 17.8 Å². The molecule has 0 aromatic rings. The van der Waals surface area contributed by atoms with Crippen LogP contribution >= 0.6 is 0 Å². The van der Waals surface area contributed by atoms with Gasteiger partial charge in [-0.05, 0) is 25.2 Å². The Balaban J connectivity index is 2.65. The minimum absolute atomic E-state index is 0.00821. The molecule has 2 fully saturated rings. The van der Waals surface area contributed by atoms with Gasteiger partial charge in [-0.1, -0.05) is 74.1 Å². The van der Waals surface area contributed by atoms with E-state index in [1.54, 1.807) is 41.5 Å². The molecule has 0 radical (unpaired) electrons. The summed E-state index contributed by atoms with van der Waals surface area (Å²) in [7, 11) is 0. The maximum Gasteiger partial charge on any atom is 0.309 e. The van der Waals surface area contributed by atoms with Crippen molar-refractivity contribution >= 4 is 23.9 Å². The summed E-state index contributed by atoms with van der Waals surface area (Å²) in [6.07, 6.45) is -7.94. The first-order valence-electron chi connectivity index (χ1n) is 18.0. The fourth-order valence-corrected chi connectivity index (χ4v) is 5.48. The molecule has 11 atom stereocenters. The number of ether oxygens (including phenoxy) is 7. The van der Waals surface area contributed by atoms with Crippen molar-refractivity contribution in [1.29, 1.82) is 0 Å². The van der Waals surface area contributed by atoms with Gasteiger partial charge in [0, 0.05) is 12.8 Å². The van der Waals surface area contributed by atoms with Crippen LogP contribution in [-0.2, 0) is 52.3 Å². The molecule has 2 aliphatic heterocycles. The second kappa shape index (κ2) is 21.2. The van der Waals surface area contributed by atoms with Gasteiger partial charge in [0.2, 0.25) is 12.1 Å². The third-order valence-electron chi connectivity index (χ3n) is 9.08. The van der Waals surface area contributed by atoms with E-state index < -0.39 is 110 Å². The maximum absolute atomic E-state index is 13.4. The Morgan fingerprint density at radius 2 is 1.38 bits per heavy atom. The van der Waals surface area contributed by atoms with E-state index in [2.05, 4.69) is 6.92 Å². The molecule has 0 aromatic carbocycles. The van der Waals surface area contributed by atoms with Crippen LogP contribution in [0.3, 0.4) is 0 Å². The quantitative estimate of drug-likeness (QED) is 0.0761. The van der Waals surface area contributed by atoms with Crippen LogP contribution < -0.4 is 0 Å². The summed E-state index contributed by atoms with van der Waals surface area (Å²) in [5.74, 6) is -6.38. The average molecular weight is 721 g/mol.